The molecule has 0 unspecified atom stereocenters. The zero-order chi connectivity index (χ0) is 14.4. The van der Waals surface area contributed by atoms with Crippen molar-refractivity contribution in [2.24, 2.45) is 0 Å². The van der Waals surface area contributed by atoms with Gasteiger partial charge in [0.1, 0.15) is 0 Å². The van der Waals surface area contributed by atoms with E-state index < -0.39 is 4.92 Å². The minimum absolute atomic E-state index is 0.00457. The van der Waals surface area contributed by atoms with Gasteiger partial charge in [-0.05, 0) is 24.6 Å². The number of non-ortho nitro benzene ring substituents is 1. The van der Waals surface area contributed by atoms with Gasteiger partial charge in [-0.15, -0.1) is 5.10 Å². The van der Waals surface area contributed by atoms with Crippen LogP contribution in [0.2, 0.25) is 5.02 Å². The number of aryl methyl sites for hydroxylation is 1. The van der Waals surface area contributed by atoms with E-state index in [9.17, 15) is 10.1 Å². The Morgan fingerprint density at radius 2 is 2.30 bits per heavy atom. The first-order chi connectivity index (χ1) is 9.66. The summed E-state index contributed by atoms with van der Waals surface area (Å²) in [6.07, 6.45) is 4.37. The van der Waals surface area contributed by atoms with Crippen LogP contribution in [0.3, 0.4) is 0 Å². The zero-order valence-corrected chi connectivity index (χ0v) is 11.5. The molecule has 1 aromatic heterocycles. The van der Waals surface area contributed by atoms with E-state index in [1.165, 1.54) is 12.1 Å². The second-order valence-corrected chi connectivity index (χ2v) is 4.64. The maximum absolute atomic E-state index is 10.6. The maximum atomic E-state index is 10.6. The van der Waals surface area contributed by atoms with E-state index in [1.807, 2.05) is 6.20 Å². The molecule has 1 heterocycles. The van der Waals surface area contributed by atoms with Gasteiger partial charge in [0.25, 0.3) is 5.69 Å². The highest BCUT2D eigenvalue weighted by molar-refractivity contribution is 6.31. The molecular formula is C12H14ClN5O2. The highest BCUT2D eigenvalue weighted by atomic mass is 35.5. The number of nitrogens with zero attached hydrogens (tertiary/aromatic N) is 4. The smallest absolute Gasteiger partial charge is 0.270 e. The minimum atomic E-state index is -0.457. The standard InChI is InChI=1S/C12H14ClN5O2/c13-12-8-11(18(19)20)3-2-10(12)9-14-4-1-6-17-7-5-15-16-17/h2-3,5,7-8,14H,1,4,6,9H2. The molecule has 0 spiro atoms. The predicted octanol–water partition coefficient (Wildman–Crippen LogP) is 2.02. The average Bonchev–Trinajstić information content (AvgIpc) is 2.93. The summed E-state index contributed by atoms with van der Waals surface area (Å²) < 4.78 is 1.76. The monoisotopic (exact) mass is 295 g/mol. The van der Waals surface area contributed by atoms with Crippen LogP contribution < -0.4 is 5.32 Å². The molecule has 1 aromatic carbocycles. The highest BCUT2D eigenvalue weighted by Crippen LogP contribution is 2.22. The van der Waals surface area contributed by atoms with Gasteiger partial charge in [0, 0.05) is 31.4 Å². The SMILES string of the molecule is O=[N+]([O-])c1ccc(CNCCCn2ccnn2)c(Cl)c1. The van der Waals surface area contributed by atoms with Crippen molar-refractivity contribution in [3.05, 3.63) is 51.3 Å². The molecule has 2 rings (SSSR count). The maximum Gasteiger partial charge on any atom is 0.270 e. The van der Waals surface area contributed by atoms with Crippen molar-refractivity contribution >= 4 is 17.3 Å². The predicted molar refractivity (Wildman–Crippen MR) is 74.5 cm³/mol. The Kier molecular flexibility index (Phi) is 5.03. The van der Waals surface area contributed by atoms with Crippen LogP contribution in [-0.2, 0) is 13.1 Å². The Bertz CT molecular complexity index is 573. The Balaban J connectivity index is 1.75. The van der Waals surface area contributed by atoms with E-state index in [0.29, 0.717) is 11.6 Å². The van der Waals surface area contributed by atoms with Gasteiger partial charge >= 0.3 is 0 Å². The Labute approximate surface area is 120 Å². The molecule has 0 bridgehead atoms. The number of rotatable bonds is 7. The van der Waals surface area contributed by atoms with Crippen molar-refractivity contribution in [1.29, 1.82) is 0 Å². The van der Waals surface area contributed by atoms with E-state index in [2.05, 4.69) is 15.6 Å². The summed E-state index contributed by atoms with van der Waals surface area (Å²) in [7, 11) is 0. The second-order valence-electron chi connectivity index (χ2n) is 4.23. The van der Waals surface area contributed by atoms with Gasteiger partial charge in [0.2, 0.25) is 0 Å². The lowest BCUT2D eigenvalue weighted by Crippen LogP contribution is -2.17. The highest BCUT2D eigenvalue weighted by Gasteiger charge is 2.08. The molecule has 0 aliphatic rings. The fraction of sp³-hybridized carbons (Fsp3) is 0.333. The van der Waals surface area contributed by atoms with Crippen LogP contribution in [0.15, 0.2) is 30.6 Å². The zero-order valence-electron chi connectivity index (χ0n) is 10.7. The topological polar surface area (TPSA) is 85.9 Å². The Morgan fingerprint density at radius 1 is 1.45 bits per heavy atom. The summed E-state index contributed by atoms with van der Waals surface area (Å²) in [4.78, 5) is 10.1. The molecule has 20 heavy (non-hydrogen) atoms. The number of benzene rings is 1. The van der Waals surface area contributed by atoms with Gasteiger partial charge in [0.05, 0.1) is 16.1 Å². The molecule has 0 aliphatic heterocycles. The fourth-order valence-corrected chi connectivity index (χ4v) is 1.98. The lowest BCUT2D eigenvalue weighted by Gasteiger charge is -2.06. The van der Waals surface area contributed by atoms with Crippen LogP contribution in [0.4, 0.5) is 5.69 Å². The number of halogens is 1. The molecule has 2 aromatic rings. The fourth-order valence-electron chi connectivity index (χ4n) is 1.73. The third-order valence-corrected chi connectivity index (χ3v) is 3.13. The average molecular weight is 296 g/mol. The summed E-state index contributed by atoms with van der Waals surface area (Å²) in [5.74, 6) is 0. The van der Waals surface area contributed by atoms with Crippen molar-refractivity contribution < 1.29 is 4.92 Å². The van der Waals surface area contributed by atoms with Crippen LogP contribution in [0, 0.1) is 10.1 Å². The molecule has 0 amide bonds. The number of hydrogen-bond donors (Lipinski definition) is 1. The van der Waals surface area contributed by atoms with Gasteiger partial charge in [0.15, 0.2) is 0 Å². The normalized spacial score (nSPS) is 10.7. The second kappa shape index (κ2) is 6.97. The van der Waals surface area contributed by atoms with E-state index in [1.54, 1.807) is 16.9 Å². The molecule has 0 saturated heterocycles. The molecule has 0 atom stereocenters. The van der Waals surface area contributed by atoms with Crippen LogP contribution in [-0.4, -0.2) is 26.5 Å². The molecule has 7 nitrogen and oxygen atoms in total. The number of nitro groups is 1. The summed E-state index contributed by atoms with van der Waals surface area (Å²) in [5.41, 5.74) is 0.850. The van der Waals surface area contributed by atoms with Gasteiger partial charge in [-0.1, -0.05) is 16.8 Å². The van der Waals surface area contributed by atoms with Gasteiger partial charge in [-0.2, -0.15) is 0 Å². The van der Waals surface area contributed by atoms with Crippen LogP contribution >= 0.6 is 11.6 Å². The lowest BCUT2D eigenvalue weighted by atomic mass is 10.2. The molecule has 1 N–H and O–H groups in total. The van der Waals surface area contributed by atoms with Crippen molar-refractivity contribution in [3.63, 3.8) is 0 Å². The van der Waals surface area contributed by atoms with Crippen LogP contribution in [0.25, 0.3) is 0 Å². The minimum Gasteiger partial charge on any atom is -0.313 e. The first kappa shape index (κ1) is 14.4. The molecule has 0 fully saturated rings. The van der Waals surface area contributed by atoms with Gasteiger partial charge in [-0.25, -0.2) is 0 Å². The van der Waals surface area contributed by atoms with E-state index >= 15 is 0 Å². The summed E-state index contributed by atoms with van der Waals surface area (Å²) in [6, 6.07) is 4.50. The van der Waals surface area contributed by atoms with E-state index in [0.717, 1.165) is 25.1 Å². The quantitative estimate of drug-likeness (QED) is 0.480. The van der Waals surface area contributed by atoms with Crippen molar-refractivity contribution in [1.82, 2.24) is 20.3 Å². The van der Waals surface area contributed by atoms with Gasteiger partial charge in [-0.3, -0.25) is 14.8 Å². The molecule has 0 radical (unpaired) electrons. The van der Waals surface area contributed by atoms with E-state index in [-0.39, 0.29) is 5.69 Å². The third-order valence-electron chi connectivity index (χ3n) is 2.78. The number of nitrogens with one attached hydrogen (secondary N) is 1. The number of aromatic nitrogens is 3. The molecule has 8 heteroatoms. The summed E-state index contributed by atoms with van der Waals surface area (Å²) in [6.45, 7) is 2.17. The Hall–Kier alpha value is -1.99. The summed E-state index contributed by atoms with van der Waals surface area (Å²) in [5, 5.41) is 21.8. The van der Waals surface area contributed by atoms with Crippen LogP contribution in [0.5, 0.6) is 0 Å². The summed E-state index contributed by atoms with van der Waals surface area (Å²) >= 11 is 6.00. The van der Waals surface area contributed by atoms with Gasteiger partial charge < -0.3 is 5.32 Å². The molecule has 0 saturated carbocycles. The van der Waals surface area contributed by atoms with Crippen molar-refractivity contribution in [2.45, 2.75) is 19.5 Å². The largest absolute Gasteiger partial charge is 0.313 e. The van der Waals surface area contributed by atoms with E-state index in [4.69, 9.17) is 11.6 Å². The first-order valence-corrected chi connectivity index (χ1v) is 6.52. The lowest BCUT2D eigenvalue weighted by molar-refractivity contribution is -0.384. The molecular weight excluding hydrogens is 282 g/mol. The van der Waals surface area contributed by atoms with Crippen LogP contribution in [0.1, 0.15) is 12.0 Å². The third kappa shape index (κ3) is 4.01. The molecule has 0 aliphatic carbocycles. The van der Waals surface area contributed by atoms with Crippen molar-refractivity contribution in [2.75, 3.05) is 6.54 Å². The number of nitro benzene ring substituents is 1. The Morgan fingerprint density at radius 3 is 2.95 bits per heavy atom. The molecule has 106 valence electrons. The van der Waals surface area contributed by atoms with Crippen molar-refractivity contribution in [3.8, 4) is 0 Å². The number of hydrogen-bond acceptors (Lipinski definition) is 5. The first-order valence-electron chi connectivity index (χ1n) is 6.14.